The zero-order valence-corrected chi connectivity index (χ0v) is 14.9. The Hall–Kier alpha value is -2.29. The van der Waals surface area contributed by atoms with Crippen LogP contribution in [-0.2, 0) is 6.42 Å². The number of para-hydroxylation sites is 1. The average molecular weight is 324 g/mol. The SMILES string of the molecule is Cc1cccc(C(C)C)c1NC(=O)NCCCCc1ccccc1. The van der Waals surface area contributed by atoms with E-state index in [0.717, 1.165) is 30.5 Å². The van der Waals surface area contributed by atoms with Crippen LogP contribution in [0.4, 0.5) is 10.5 Å². The third-order valence-electron chi connectivity index (χ3n) is 4.19. The van der Waals surface area contributed by atoms with Crippen LogP contribution in [0.25, 0.3) is 0 Å². The van der Waals surface area contributed by atoms with Crippen molar-refractivity contribution in [3.63, 3.8) is 0 Å². The van der Waals surface area contributed by atoms with Crippen molar-refractivity contribution in [3.05, 3.63) is 65.2 Å². The Bertz CT molecular complexity index is 650. The highest BCUT2D eigenvalue weighted by Crippen LogP contribution is 2.27. The maximum absolute atomic E-state index is 12.2. The summed E-state index contributed by atoms with van der Waals surface area (Å²) in [5.74, 6) is 0.381. The number of benzene rings is 2. The van der Waals surface area contributed by atoms with E-state index in [4.69, 9.17) is 0 Å². The average Bonchev–Trinajstić information content (AvgIpc) is 2.57. The van der Waals surface area contributed by atoms with E-state index in [1.807, 2.05) is 25.1 Å². The van der Waals surface area contributed by atoms with Crippen molar-refractivity contribution in [1.29, 1.82) is 0 Å². The number of anilines is 1. The molecule has 0 aliphatic carbocycles. The lowest BCUT2D eigenvalue weighted by Gasteiger charge is -2.16. The molecule has 0 radical (unpaired) electrons. The summed E-state index contributed by atoms with van der Waals surface area (Å²) >= 11 is 0. The van der Waals surface area contributed by atoms with Gasteiger partial charge in [0.2, 0.25) is 0 Å². The van der Waals surface area contributed by atoms with E-state index >= 15 is 0 Å². The zero-order chi connectivity index (χ0) is 17.4. The zero-order valence-electron chi connectivity index (χ0n) is 14.9. The van der Waals surface area contributed by atoms with Crippen molar-refractivity contribution in [2.45, 2.75) is 46.0 Å². The standard InChI is InChI=1S/C21H28N2O/c1-16(2)19-14-9-10-17(3)20(19)23-21(24)22-15-8-7-13-18-11-5-4-6-12-18/h4-6,9-12,14,16H,7-8,13,15H2,1-3H3,(H2,22,23,24). The number of aryl methyl sites for hydroxylation is 2. The summed E-state index contributed by atoms with van der Waals surface area (Å²) < 4.78 is 0. The number of carbonyl (C=O) groups is 1. The molecule has 2 N–H and O–H groups in total. The molecule has 2 rings (SSSR count). The van der Waals surface area contributed by atoms with Crippen LogP contribution in [0.15, 0.2) is 48.5 Å². The number of hydrogen-bond acceptors (Lipinski definition) is 1. The molecule has 0 aromatic heterocycles. The van der Waals surface area contributed by atoms with E-state index in [0.29, 0.717) is 12.5 Å². The third-order valence-corrected chi connectivity index (χ3v) is 4.19. The molecule has 2 aromatic carbocycles. The summed E-state index contributed by atoms with van der Waals surface area (Å²) in [6.45, 7) is 7.01. The molecule has 0 fully saturated rings. The van der Waals surface area contributed by atoms with Gasteiger partial charge >= 0.3 is 6.03 Å². The van der Waals surface area contributed by atoms with Crippen molar-refractivity contribution in [2.24, 2.45) is 0 Å². The number of urea groups is 1. The summed E-state index contributed by atoms with van der Waals surface area (Å²) in [6.07, 6.45) is 3.11. The molecule has 0 bridgehead atoms. The first kappa shape index (κ1) is 18.1. The van der Waals surface area contributed by atoms with Crippen molar-refractivity contribution < 1.29 is 4.79 Å². The van der Waals surface area contributed by atoms with Crippen LogP contribution >= 0.6 is 0 Å². The quantitative estimate of drug-likeness (QED) is 0.670. The number of carbonyl (C=O) groups excluding carboxylic acids is 1. The highest BCUT2D eigenvalue weighted by Gasteiger charge is 2.11. The second-order valence-electron chi connectivity index (χ2n) is 6.52. The molecule has 0 saturated carbocycles. The van der Waals surface area contributed by atoms with E-state index in [1.54, 1.807) is 0 Å². The Morgan fingerprint density at radius 2 is 1.75 bits per heavy atom. The normalized spacial score (nSPS) is 10.7. The number of unbranched alkanes of at least 4 members (excludes halogenated alkanes) is 1. The van der Waals surface area contributed by atoms with E-state index in [1.165, 1.54) is 11.1 Å². The third kappa shape index (κ3) is 5.41. The second-order valence-corrected chi connectivity index (χ2v) is 6.52. The van der Waals surface area contributed by atoms with E-state index in [9.17, 15) is 4.79 Å². The summed E-state index contributed by atoms with van der Waals surface area (Å²) in [6, 6.07) is 16.5. The van der Waals surface area contributed by atoms with Crippen LogP contribution in [0.2, 0.25) is 0 Å². The van der Waals surface area contributed by atoms with Crippen molar-refractivity contribution >= 4 is 11.7 Å². The maximum atomic E-state index is 12.2. The molecular formula is C21H28N2O. The molecule has 0 atom stereocenters. The first-order chi connectivity index (χ1) is 11.6. The van der Waals surface area contributed by atoms with Gasteiger partial charge in [0.25, 0.3) is 0 Å². The Balaban J connectivity index is 1.76. The first-order valence-electron chi connectivity index (χ1n) is 8.76. The fraction of sp³-hybridized carbons (Fsp3) is 0.381. The largest absolute Gasteiger partial charge is 0.338 e. The van der Waals surface area contributed by atoms with Gasteiger partial charge in [0.1, 0.15) is 0 Å². The minimum atomic E-state index is -0.120. The summed E-state index contributed by atoms with van der Waals surface area (Å²) in [7, 11) is 0. The molecular weight excluding hydrogens is 296 g/mol. The van der Waals surface area contributed by atoms with Crippen LogP contribution in [0.3, 0.4) is 0 Å². The number of hydrogen-bond donors (Lipinski definition) is 2. The maximum Gasteiger partial charge on any atom is 0.319 e. The molecule has 128 valence electrons. The minimum Gasteiger partial charge on any atom is -0.338 e. The molecule has 0 aliphatic heterocycles. The fourth-order valence-corrected chi connectivity index (χ4v) is 2.80. The molecule has 0 spiro atoms. The van der Waals surface area contributed by atoms with Crippen LogP contribution in [0.5, 0.6) is 0 Å². The predicted molar refractivity (Wildman–Crippen MR) is 102 cm³/mol. The van der Waals surface area contributed by atoms with Gasteiger partial charge in [-0.2, -0.15) is 0 Å². The van der Waals surface area contributed by atoms with Gasteiger partial charge in [-0.1, -0.05) is 62.4 Å². The topological polar surface area (TPSA) is 41.1 Å². The fourth-order valence-electron chi connectivity index (χ4n) is 2.80. The molecule has 0 heterocycles. The van der Waals surface area contributed by atoms with Gasteiger partial charge in [0.15, 0.2) is 0 Å². The van der Waals surface area contributed by atoms with Crippen molar-refractivity contribution in [1.82, 2.24) is 5.32 Å². The Morgan fingerprint density at radius 3 is 2.46 bits per heavy atom. The highest BCUT2D eigenvalue weighted by atomic mass is 16.2. The van der Waals surface area contributed by atoms with Crippen LogP contribution in [-0.4, -0.2) is 12.6 Å². The molecule has 3 heteroatoms. The van der Waals surface area contributed by atoms with Crippen molar-refractivity contribution in [3.8, 4) is 0 Å². The van der Waals surface area contributed by atoms with Gasteiger partial charge in [0, 0.05) is 12.2 Å². The molecule has 0 aliphatic rings. The first-order valence-corrected chi connectivity index (χ1v) is 8.76. The van der Waals surface area contributed by atoms with Crippen molar-refractivity contribution in [2.75, 3.05) is 11.9 Å². The summed E-state index contributed by atoms with van der Waals surface area (Å²) in [5, 5.41) is 5.98. The van der Waals surface area contributed by atoms with Gasteiger partial charge in [-0.3, -0.25) is 0 Å². The number of rotatable bonds is 7. The van der Waals surface area contributed by atoms with E-state index in [2.05, 4.69) is 54.8 Å². The van der Waals surface area contributed by atoms with Crippen LogP contribution in [0, 0.1) is 6.92 Å². The van der Waals surface area contributed by atoms with Crippen LogP contribution < -0.4 is 10.6 Å². The predicted octanol–water partition coefficient (Wildman–Crippen LogP) is 5.26. The monoisotopic (exact) mass is 324 g/mol. The smallest absolute Gasteiger partial charge is 0.319 e. The van der Waals surface area contributed by atoms with Gasteiger partial charge in [-0.15, -0.1) is 0 Å². The van der Waals surface area contributed by atoms with Crippen LogP contribution in [0.1, 0.15) is 49.3 Å². The molecule has 0 saturated heterocycles. The number of nitrogens with one attached hydrogen (secondary N) is 2. The lowest BCUT2D eigenvalue weighted by atomic mass is 9.98. The lowest BCUT2D eigenvalue weighted by Crippen LogP contribution is -2.30. The number of amides is 2. The Kier molecular flexibility index (Phi) is 6.86. The van der Waals surface area contributed by atoms with Gasteiger partial charge < -0.3 is 10.6 Å². The summed E-state index contributed by atoms with van der Waals surface area (Å²) in [4.78, 5) is 12.2. The Morgan fingerprint density at radius 1 is 1.00 bits per heavy atom. The molecule has 2 aromatic rings. The Labute approximate surface area is 145 Å². The molecule has 24 heavy (non-hydrogen) atoms. The lowest BCUT2D eigenvalue weighted by molar-refractivity contribution is 0.252. The van der Waals surface area contributed by atoms with E-state index in [-0.39, 0.29) is 6.03 Å². The molecule has 3 nitrogen and oxygen atoms in total. The van der Waals surface area contributed by atoms with Gasteiger partial charge in [-0.25, -0.2) is 4.79 Å². The summed E-state index contributed by atoms with van der Waals surface area (Å²) in [5.41, 5.74) is 4.56. The molecule has 0 unspecified atom stereocenters. The molecule has 2 amide bonds. The highest BCUT2D eigenvalue weighted by molar-refractivity contribution is 5.91. The second kappa shape index (κ2) is 9.11. The van der Waals surface area contributed by atoms with E-state index < -0.39 is 0 Å². The van der Waals surface area contributed by atoms with Gasteiger partial charge in [0.05, 0.1) is 0 Å². The minimum absolute atomic E-state index is 0.120. The van der Waals surface area contributed by atoms with Gasteiger partial charge in [-0.05, 0) is 48.8 Å².